The molecule has 29 heavy (non-hydrogen) atoms. The molecule has 4 aromatic carbocycles. The summed E-state index contributed by atoms with van der Waals surface area (Å²) in [5.41, 5.74) is 2.65. The molecule has 146 valence electrons. The molecule has 4 rings (SSSR count). The molecule has 0 radical (unpaired) electrons. The van der Waals surface area contributed by atoms with Crippen LogP contribution in [0.3, 0.4) is 0 Å². The highest BCUT2D eigenvalue weighted by molar-refractivity contribution is 6.30. The molecule has 2 atom stereocenters. The van der Waals surface area contributed by atoms with Crippen LogP contribution in [0.2, 0.25) is 5.02 Å². The van der Waals surface area contributed by atoms with E-state index in [9.17, 15) is 9.50 Å². The SMILES string of the molecule is OC(CC(Nc1ccc(F)cc1)c1ccc(Cl)cc1)c1ccc2ccccc2c1. The van der Waals surface area contributed by atoms with Crippen molar-refractivity contribution in [1.82, 2.24) is 0 Å². The van der Waals surface area contributed by atoms with Crippen molar-refractivity contribution in [2.75, 3.05) is 5.32 Å². The van der Waals surface area contributed by atoms with E-state index in [1.807, 2.05) is 60.7 Å². The largest absolute Gasteiger partial charge is 0.388 e. The quantitative estimate of drug-likeness (QED) is 0.365. The van der Waals surface area contributed by atoms with Crippen molar-refractivity contribution in [3.8, 4) is 0 Å². The zero-order valence-corrected chi connectivity index (χ0v) is 16.5. The van der Waals surface area contributed by atoms with Crippen LogP contribution in [0.15, 0.2) is 91.0 Å². The molecule has 0 fully saturated rings. The Morgan fingerprint density at radius 3 is 2.17 bits per heavy atom. The van der Waals surface area contributed by atoms with Crippen molar-refractivity contribution in [3.05, 3.63) is 113 Å². The second-order valence-electron chi connectivity index (χ2n) is 7.11. The van der Waals surface area contributed by atoms with Gasteiger partial charge in [-0.25, -0.2) is 4.39 Å². The average Bonchev–Trinajstić information content (AvgIpc) is 2.75. The number of hydrogen-bond acceptors (Lipinski definition) is 2. The number of hydrogen-bond donors (Lipinski definition) is 2. The van der Waals surface area contributed by atoms with Gasteiger partial charge in [0.15, 0.2) is 0 Å². The Balaban J connectivity index is 1.60. The fraction of sp³-hybridized carbons (Fsp3) is 0.120. The Kier molecular flexibility index (Phi) is 5.79. The number of halogens is 2. The molecule has 2 N–H and O–H groups in total. The first-order valence-corrected chi connectivity index (χ1v) is 9.90. The second-order valence-corrected chi connectivity index (χ2v) is 7.55. The Labute approximate surface area is 174 Å². The van der Waals surface area contributed by atoms with Crippen molar-refractivity contribution >= 4 is 28.1 Å². The number of anilines is 1. The molecular weight excluding hydrogens is 385 g/mol. The van der Waals surface area contributed by atoms with E-state index >= 15 is 0 Å². The lowest BCUT2D eigenvalue weighted by Gasteiger charge is -2.24. The summed E-state index contributed by atoms with van der Waals surface area (Å²) in [6.07, 6.45) is -0.203. The van der Waals surface area contributed by atoms with E-state index < -0.39 is 6.10 Å². The molecule has 0 aliphatic heterocycles. The topological polar surface area (TPSA) is 32.3 Å². The van der Waals surface area contributed by atoms with Crippen LogP contribution >= 0.6 is 11.6 Å². The van der Waals surface area contributed by atoms with Crippen LogP contribution in [-0.2, 0) is 0 Å². The van der Waals surface area contributed by atoms with Gasteiger partial charge in [0.25, 0.3) is 0 Å². The number of aliphatic hydroxyl groups excluding tert-OH is 1. The smallest absolute Gasteiger partial charge is 0.123 e. The zero-order valence-electron chi connectivity index (χ0n) is 15.7. The maximum absolute atomic E-state index is 13.3. The fourth-order valence-electron chi connectivity index (χ4n) is 3.50. The summed E-state index contributed by atoms with van der Waals surface area (Å²) in [4.78, 5) is 0. The fourth-order valence-corrected chi connectivity index (χ4v) is 3.62. The monoisotopic (exact) mass is 405 g/mol. The molecule has 0 bridgehead atoms. The van der Waals surface area contributed by atoms with Gasteiger partial charge in [-0.05, 0) is 64.4 Å². The average molecular weight is 406 g/mol. The highest BCUT2D eigenvalue weighted by Crippen LogP contribution is 2.31. The lowest BCUT2D eigenvalue weighted by atomic mass is 9.95. The van der Waals surface area contributed by atoms with Gasteiger partial charge in [-0.3, -0.25) is 0 Å². The van der Waals surface area contributed by atoms with Crippen molar-refractivity contribution in [2.24, 2.45) is 0 Å². The van der Waals surface area contributed by atoms with Gasteiger partial charge in [-0.2, -0.15) is 0 Å². The lowest BCUT2D eigenvalue weighted by Crippen LogP contribution is -2.15. The van der Waals surface area contributed by atoms with Crippen molar-refractivity contribution in [1.29, 1.82) is 0 Å². The van der Waals surface area contributed by atoms with E-state index in [4.69, 9.17) is 11.6 Å². The summed E-state index contributed by atoms with van der Waals surface area (Å²) >= 11 is 6.04. The van der Waals surface area contributed by atoms with Gasteiger partial charge in [0.05, 0.1) is 12.1 Å². The minimum absolute atomic E-state index is 0.167. The summed E-state index contributed by atoms with van der Waals surface area (Å²) < 4.78 is 13.3. The molecule has 4 heteroatoms. The van der Waals surface area contributed by atoms with E-state index in [0.717, 1.165) is 27.6 Å². The van der Waals surface area contributed by atoms with Crippen molar-refractivity contribution in [3.63, 3.8) is 0 Å². The van der Waals surface area contributed by atoms with Gasteiger partial charge < -0.3 is 10.4 Å². The number of aliphatic hydroxyl groups is 1. The zero-order chi connectivity index (χ0) is 20.2. The minimum Gasteiger partial charge on any atom is -0.388 e. The second kappa shape index (κ2) is 8.64. The van der Waals surface area contributed by atoms with Gasteiger partial charge in [0.1, 0.15) is 5.82 Å². The van der Waals surface area contributed by atoms with Crippen molar-refractivity contribution < 1.29 is 9.50 Å². The molecule has 0 aliphatic rings. The normalized spacial score (nSPS) is 13.2. The van der Waals surface area contributed by atoms with E-state index in [1.54, 1.807) is 12.1 Å². The van der Waals surface area contributed by atoms with E-state index in [2.05, 4.69) is 11.4 Å². The highest BCUT2D eigenvalue weighted by atomic mass is 35.5. The Bertz CT molecular complexity index is 1100. The highest BCUT2D eigenvalue weighted by Gasteiger charge is 2.18. The summed E-state index contributed by atoms with van der Waals surface area (Å²) in [6.45, 7) is 0. The maximum atomic E-state index is 13.3. The van der Waals surface area contributed by atoms with Crippen LogP contribution in [-0.4, -0.2) is 5.11 Å². The third-order valence-corrected chi connectivity index (χ3v) is 5.33. The maximum Gasteiger partial charge on any atom is 0.123 e. The van der Waals surface area contributed by atoms with Crippen molar-refractivity contribution in [2.45, 2.75) is 18.6 Å². The van der Waals surface area contributed by atoms with Crippen LogP contribution in [0.4, 0.5) is 10.1 Å². The molecule has 4 aromatic rings. The van der Waals surface area contributed by atoms with Gasteiger partial charge in [0.2, 0.25) is 0 Å². The van der Waals surface area contributed by atoms with E-state index in [0.29, 0.717) is 11.4 Å². The molecule has 2 unspecified atom stereocenters. The van der Waals surface area contributed by atoms with Crippen LogP contribution in [0.5, 0.6) is 0 Å². The molecule has 0 saturated carbocycles. The third kappa shape index (κ3) is 4.76. The summed E-state index contributed by atoms with van der Waals surface area (Å²) in [5.74, 6) is -0.283. The first-order chi connectivity index (χ1) is 14.1. The van der Waals surface area contributed by atoms with Crippen LogP contribution in [0.25, 0.3) is 10.8 Å². The Morgan fingerprint density at radius 1 is 0.793 bits per heavy atom. The summed E-state index contributed by atoms with van der Waals surface area (Å²) in [6, 6.07) is 27.7. The molecule has 0 heterocycles. The molecular formula is C25H21ClFNO. The molecule has 0 aromatic heterocycles. The van der Waals surface area contributed by atoms with E-state index in [-0.39, 0.29) is 11.9 Å². The van der Waals surface area contributed by atoms with E-state index in [1.165, 1.54) is 12.1 Å². The number of benzene rings is 4. The first-order valence-electron chi connectivity index (χ1n) is 9.53. The van der Waals surface area contributed by atoms with Crippen LogP contribution in [0, 0.1) is 5.82 Å². The van der Waals surface area contributed by atoms with Gasteiger partial charge in [-0.1, -0.05) is 60.1 Å². The van der Waals surface area contributed by atoms with Gasteiger partial charge >= 0.3 is 0 Å². The molecule has 0 spiro atoms. The predicted octanol–water partition coefficient (Wildman–Crippen LogP) is 6.91. The van der Waals surface area contributed by atoms with Gasteiger partial charge in [0, 0.05) is 17.1 Å². The predicted molar refractivity (Wildman–Crippen MR) is 118 cm³/mol. The number of nitrogens with one attached hydrogen (secondary N) is 1. The first kappa shape index (κ1) is 19.4. The lowest BCUT2D eigenvalue weighted by molar-refractivity contribution is 0.161. The standard InChI is InChI=1S/C25H21ClFNO/c26-21-9-7-18(8-10-21)24(28-23-13-11-22(27)12-14-23)16-25(29)20-6-5-17-3-1-2-4-19(17)15-20/h1-15,24-25,28-29H,16H2. The number of rotatable bonds is 6. The molecule has 0 amide bonds. The minimum atomic E-state index is -0.659. The molecule has 2 nitrogen and oxygen atoms in total. The Hall–Kier alpha value is -2.88. The summed E-state index contributed by atoms with van der Waals surface area (Å²) in [7, 11) is 0. The third-order valence-electron chi connectivity index (χ3n) is 5.07. The van der Waals surface area contributed by atoms with Crippen LogP contribution < -0.4 is 5.32 Å². The number of fused-ring (bicyclic) bond motifs is 1. The van der Waals surface area contributed by atoms with Crippen LogP contribution in [0.1, 0.15) is 29.7 Å². The molecule has 0 saturated heterocycles. The molecule has 0 aliphatic carbocycles. The van der Waals surface area contributed by atoms with Gasteiger partial charge in [-0.15, -0.1) is 0 Å². The summed E-state index contributed by atoms with van der Waals surface area (Å²) in [5, 5.41) is 17.3. The Morgan fingerprint density at radius 2 is 1.45 bits per heavy atom.